The van der Waals surface area contributed by atoms with E-state index in [4.69, 9.17) is 25.8 Å². The summed E-state index contributed by atoms with van der Waals surface area (Å²) in [5, 5.41) is 9.77. The lowest BCUT2D eigenvalue weighted by Gasteiger charge is -2.05. The Hall–Kier alpha value is -2.14. The van der Waals surface area contributed by atoms with Crippen LogP contribution in [0.25, 0.3) is 0 Å². The van der Waals surface area contributed by atoms with Gasteiger partial charge in [0.2, 0.25) is 5.76 Å². The van der Waals surface area contributed by atoms with Crippen LogP contribution in [-0.4, -0.2) is 24.1 Å². The topological polar surface area (TPSA) is 65.0 Å². The van der Waals surface area contributed by atoms with Crippen molar-refractivity contribution < 1.29 is 24.1 Å². The van der Waals surface area contributed by atoms with Gasteiger partial charge in [-0.05, 0) is 23.8 Å². The number of aliphatic hydroxyl groups is 1. The van der Waals surface area contributed by atoms with Crippen molar-refractivity contribution in [1.82, 2.24) is 0 Å². The number of rotatable bonds is 5. The molecule has 20 heavy (non-hydrogen) atoms. The minimum absolute atomic E-state index is 0.0229. The van der Waals surface area contributed by atoms with E-state index < -0.39 is 5.97 Å². The second-order valence-corrected chi connectivity index (χ2v) is 4.24. The van der Waals surface area contributed by atoms with Gasteiger partial charge in [0.05, 0.1) is 7.11 Å². The third kappa shape index (κ3) is 3.05. The molecule has 106 valence electrons. The molecule has 0 amide bonds. The highest BCUT2D eigenvalue weighted by Gasteiger charge is 2.31. The van der Waals surface area contributed by atoms with Crippen LogP contribution in [0.3, 0.4) is 0 Å². The molecule has 1 aliphatic rings. The van der Waals surface area contributed by atoms with Gasteiger partial charge in [0, 0.05) is 5.88 Å². The van der Waals surface area contributed by atoms with Crippen LogP contribution in [0.4, 0.5) is 0 Å². The van der Waals surface area contributed by atoms with E-state index in [-0.39, 0.29) is 29.8 Å². The Bertz CT molecular complexity index is 559. The normalized spacial score (nSPS) is 16.5. The lowest BCUT2D eigenvalue weighted by Crippen LogP contribution is -2.03. The van der Waals surface area contributed by atoms with Crippen LogP contribution < -0.4 is 4.74 Å². The first-order valence-corrected chi connectivity index (χ1v) is 6.36. The minimum atomic E-state index is -0.729. The van der Waals surface area contributed by atoms with E-state index in [1.165, 1.54) is 6.08 Å². The first-order valence-electron chi connectivity index (χ1n) is 5.83. The van der Waals surface area contributed by atoms with Crippen LogP contribution in [0.1, 0.15) is 5.56 Å². The highest BCUT2D eigenvalue weighted by atomic mass is 35.5. The van der Waals surface area contributed by atoms with Gasteiger partial charge in [-0.25, -0.2) is 4.79 Å². The first-order chi connectivity index (χ1) is 9.65. The number of alkyl halides is 1. The van der Waals surface area contributed by atoms with Crippen LogP contribution in [0.2, 0.25) is 0 Å². The third-order valence-corrected chi connectivity index (χ3v) is 2.80. The zero-order valence-electron chi connectivity index (χ0n) is 10.8. The summed E-state index contributed by atoms with van der Waals surface area (Å²) in [6.45, 7) is 0.132. The predicted molar refractivity (Wildman–Crippen MR) is 72.3 cm³/mol. The maximum atomic E-state index is 11.5. The number of methoxy groups -OCH3 is 1. The van der Waals surface area contributed by atoms with Gasteiger partial charge in [0.15, 0.2) is 5.76 Å². The van der Waals surface area contributed by atoms with Crippen molar-refractivity contribution in [1.29, 1.82) is 0 Å². The summed E-state index contributed by atoms with van der Waals surface area (Å²) in [6.07, 6.45) is 1.39. The average Bonchev–Trinajstić information content (AvgIpc) is 2.72. The van der Waals surface area contributed by atoms with Crippen molar-refractivity contribution in [3.8, 4) is 5.75 Å². The van der Waals surface area contributed by atoms with Gasteiger partial charge in [-0.3, -0.25) is 0 Å². The lowest BCUT2D eigenvalue weighted by molar-refractivity contribution is -0.136. The lowest BCUT2D eigenvalue weighted by atomic mass is 10.2. The summed E-state index contributed by atoms with van der Waals surface area (Å²) in [7, 11) is 1.58. The fourth-order valence-corrected chi connectivity index (χ4v) is 1.76. The molecule has 0 aromatic heterocycles. The number of halogens is 1. The molecule has 0 bridgehead atoms. The summed E-state index contributed by atoms with van der Waals surface area (Å²) in [4.78, 5) is 11.5. The molecule has 6 heteroatoms. The van der Waals surface area contributed by atoms with Gasteiger partial charge in [-0.1, -0.05) is 12.1 Å². The Morgan fingerprint density at radius 3 is 2.65 bits per heavy atom. The van der Waals surface area contributed by atoms with Gasteiger partial charge >= 0.3 is 5.97 Å². The van der Waals surface area contributed by atoms with E-state index in [0.29, 0.717) is 0 Å². The molecule has 0 spiro atoms. The fourth-order valence-electron chi connectivity index (χ4n) is 1.62. The molecule has 1 N–H and O–H groups in total. The summed E-state index contributed by atoms with van der Waals surface area (Å²) < 4.78 is 15.2. The number of esters is 1. The Labute approximate surface area is 121 Å². The highest BCUT2D eigenvalue weighted by molar-refractivity contribution is 6.19. The van der Waals surface area contributed by atoms with Gasteiger partial charge in [-0.2, -0.15) is 0 Å². The van der Waals surface area contributed by atoms with Crippen molar-refractivity contribution in [3.63, 3.8) is 0 Å². The highest BCUT2D eigenvalue weighted by Crippen LogP contribution is 2.26. The van der Waals surface area contributed by atoms with Crippen LogP contribution >= 0.6 is 11.6 Å². The van der Waals surface area contributed by atoms with Crippen molar-refractivity contribution in [2.24, 2.45) is 0 Å². The number of hydrogen-bond acceptors (Lipinski definition) is 5. The second kappa shape index (κ2) is 6.34. The zero-order valence-corrected chi connectivity index (χ0v) is 11.5. The summed E-state index contributed by atoms with van der Waals surface area (Å²) >= 11 is 5.49. The maximum absolute atomic E-state index is 11.5. The Morgan fingerprint density at radius 2 is 2.05 bits per heavy atom. The van der Waals surface area contributed by atoms with Crippen molar-refractivity contribution in [3.05, 3.63) is 53.2 Å². The summed E-state index contributed by atoms with van der Waals surface area (Å²) in [5.74, 6) is -0.398. The minimum Gasteiger partial charge on any atom is -0.501 e. The molecule has 1 heterocycles. The van der Waals surface area contributed by atoms with Crippen LogP contribution in [0.5, 0.6) is 5.75 Å². The van der Waals surface area contributed by atoms with E-state index in [1.807, 2.05) is 0 Å². The smallest absolute Gasteiger partial charge is 0.383 e. The third-order valence-electron chi connectivity index (χ3n) is 2.64. The molecule has 0 saturated carbocycles. The van der Waals surface area contributed by atoms with Crippen LogP contribution in [0.15, 0.2) is 47.6 Å². The molecule has 0 saturated heterocycles. The van der Waals surface area contributed by atoms with Crippen molar-refractivity contribution in [2.45, 2.75) is 6.61 Å². The molecule has 0 unspecified atom stereocenters. The molecule has 1 aromatic carbocycles. The molecule has 0 fully saturated rings. The van der Waals surface area contributed by atoms with Crippen molar-refractivity contribution >= 4 is 17.6 Å². The molecule has 5 nitrogen and oxygen atoms in total. The van der Waals surface area contributed by atoms with E-state index in [1.54, 1.807) is 31.4 Å². The van der Waals surface area contributed by atoms with Crippen molar-refractivity contribution in [2.75, 3.05) is 13.0 Å². The van der Waals surface area contributed by atoms with Crippen LogP contribution in [-0.2, 0) is 20.9 Å². The average molecular weight is 297 g/mol. The van der Waals surface area contributed by atoms with Crippen LogP contribution in [0, 0.1) is 0 Å². The molecule has 0 atom stereocenters. The number of carbonyl (C=O) groups excluding carboxylic acids is 1. The number of benzene rings is 1. The number of hydrogen-bond donors (Lipinski definition) is 1. The Balaban J connectivity index is 2.05. The fraction of sp³-hybridized carbons (Fsp3) is 0.214. The summed E-state index contributed by atoms with van der Waals surface area (Å²) in [5.41, 5.74) is 0.827. The number of allylic oxidation sites excluding steroid dienone is 1. The summed E-state index contributed by atoms with van der Waals surface area (Å²) in [6, 6.07) is 7.15. The molecule has 1 aliphatic heterocycles. The SMILES string of the molecule is COc1ccc(COC2=C(O)/C(=C\CCl)OC2=O)cc1. The Morgan fingerprint density at radius 1 is 1.35 bits per heavy atom. The van der Waals surface area contributed by atoms with E-state index in [0.717, 1.165) is 11.3 Å². The van der Waals surface area contributed by atoms with E-state index >= 15 is 0 Å². The maximum Gasteiger partial charge on any atom is 0.383 e. The quantitative estimate of drug-likeness (QED) is 0.668. The monoisotopic (exact) mass is 296 g/mol. The molecular formula is C14H13ClO5. The first kappa shape index (κ1) is 14.3. The number of cyclic esters (lactones) is 1. The Kier molecular flexibility index (Phi) is 4.53. The molecule has 2 rings (SSSR count). The molecule has 0 radical (unpaired) electrons. The van der Waals surface area contributed by atoms with Gasteiger partial charge in [0.25, 0.3) is 5.76 Å². The predicted octanol–water partition coefficient (Wildman–Crippen LogP) is 2.66. The number of carbonyl (C=O) groups is 1. The molecule has 0 aliphatic carbocycles. The molecule has 1 aromatic rings. The largest absolute Gasteiger partial charge is 0.501 e. The number of ether oxygens (including phenoxy) is 3. The number of aliphatic hydroxyl groups excluding tert-OH is 1. The zero-order chi connectivity index (χ0) is 14.5. The van der Waals surface area contributed by atoms with Gasteiger partial charge in [0.1, 0.15) is 12.4 Å². The second-order valence-electron chi connectivity index (χ2n) is 3.93. The van der Waals surface area contributed by atoms with E-state index in [2.05, 4.69) is 0 Å². The van der Waals surface area contributed by atoms with Gasteiger partial charge < -0.3 is 19.3 Å². The van der Waals surface area contributed by atoms with E-state index in [9.17, 15) is 9.90 Å². The molecular weight excluding hydrogens is 284 g/mol. The van der Waals surface area contributed by atoms with Gasteiger partial charge in [-0.15, -0.1) is 11.6 Å². The standard InChI is InChI=1S/C14H13ClO5/c1-18-10-4-2-9(3-5-10)8-19-13-12(16)11(6-7-15)20-14(13)17/h2-6,16H,7-8H2,1H3/b11-6+.